The largest absolute Gasteiger partial charge is 0.501 e. The number of rotatable bonds is 11. The zero-order valence-corrected chi connectivity index (χ0v) is 12.6. The van der Waals surface area contributed by atoms with Crippen LogP contribution in [0, 0.1) is 0 Å². The third kappa shape index (κ3) is 7.07. The summed E-state index contributed by atoms with van der Waals surface area (Å²) >= 11 is 0. The van der Waals surface area contributed by atoms with Crippen LogP contribution < -0.4 is 5.73 Å². The molecule has 0 aromatic rings. The Morgan fingerprint density at radius 1 is 1.06 bits per heavy atom. The summed E-state index contributed by atoms with van der Waals surface area (Å²) < 4.78 is 21.9. The minimum Gasteiger partial charge on any atom is -0.465 e. The molecule has 0 heterocycles. The smallest absolute Gasteiger partial charge is 0.465 e. The van der Waals surface area contributed by atoms with Crippen molar-refractivity contribution in [2.75, 3.05) is 33.0 Å². The normalized spacial score (nSPS) is 11.6. The van der Waals surface area contributed by atoms with E-state index in [1.54, 1.807) is 0 Å². The number of carbonyl (C=O) groups excluding carboxylic acids is 1. The van der Waals surface area contributed by atoms with Crippen LogP contribution >= 0.6 is 0 Å². The first kappa shape index (κ1) is 17.5. The molecule has 6 nitrogen and oxygen atoms in total. The second-order valence-electron chi connectivity index (χ2n) is 3.51. The van der Waals surface area contributed by atoms with E-state index >= 15 is 0 Å². The summed E-state index contributed by atoms with van der Waals surface area (Å²) in [7, 11) is -2.60. The fourth-order valence-corrected chi connectivity index (χ4v) is 4.11. The van der Waals surface area contributed by atoms with Gasteiger partial charge >= 0.3 is 14.8 Å². The molecule has 0 bridgehead atoms. The van der Waals surface area contributed by atoms with Crippen molar-refractivity contribution in [3.8, 4) is 0 Å². The van der Waals surface area contributed by atoms with Gasteiger partial charge in [0, 0.05) is 25.9 Å². The van der Waals surface area contributed by atoms with Crippen LogP contribution in [0.25, 0.3) is 0 Å². The molecule has 0 aliphatic rings. The zero-order chi connectivity index (χ0) is 13.9. The van der Waals surface area contributed by atoms with Crippen LogP contribution in [0.5, 0.6) is 0 Å². The van der Waals surface area contributed by atoms with Crippen molar-refractivity contribution >= 4 is 14.8 Å². The van der Waals surface area contributed by atoms with Crippen molar-refractivity contribution in [2.24, 2.45) is 5.73 Å². The summed E-state index contributed by atoms with van der Waals surface area (Å²) in [6, 6.07) is 0.639. The molecule has 18 heavy (non-hydrogen) atoms. The van der Waals surface area contributed by atoms with Crippen molar-refractivity contribution in [1.82, 2.24) is 0 Å². The van der Waals surface area contributed by atoms with E-state index in [1.807, 2.05) is 20.8 Å². The van der Waals surface area contributed by atoms with E-state index in [0.29, 0.717) is 38.9 Å². The summed E-state index contributed by atoms with van der Waals surface area (Å²) in [6.07, 6.45) is 0.651. The van der Waals surface area contributed by atoms with Crippen molar-refractivity contribution < 1.29 is 22.8 Å². The fourth-order valence-electron chi connectivity index (χ4n) is 1.53. The Morgan fingerprint density at radius 3 is 1.94 bits per heavy atom. The highest BCUT2D eigenvalue weighted by molar-refractivity contribution is 6.60. The summed E-state index contributed by atoms with van der Waals surface area (Å²) in [5.74, 6) is -0.397. The van der Waals surface area contributed by atoms with E-state index in [0.717, 1.165) is 0 Å². The van der Waals surface area contributed by atoms with E-state index in [4.69, 9.17) is 23.7 Å². The van der Waals surface area contributed by atoms with E-state index in [9.17, 15) is 4.79 Å². The first-order valence-corrected chi connectivity index (χ1v) is 8.34. The molecule has 7 heteroatoms. The molecule has 0 aliphatic heterocycles. The standard InChI is InChI=1S/C11H25NO5Si/c1-4-15-18(16-5-2,17-6-3)9-7-8-14-11(13)10-12/h4-10,12H2,1-3H3. The average Bonchev–Trinajstić information content (AvgIpc) is 2.35. The van der Waals surface area contributed by atoms with E-state index in [-0.39, 0.29) is 6.54 Å². The second kappa shape index (κ2) is 10.4. The van der Waals surface area contributed by atoms with Gasteiger partial charge in [-0.1, -0.05) is 0 Å². The van der Waals surface area contributed by atoms with E-state index < -0.39 is 14.8 Å². The maximum Gasteiger partial charge on any atom is 0.501 e. The van der Waals surface area contributed by atoms with Crippen LogP contribution in [-0.2, 0) is 22.8 Å². The van der Waals surface area contributed by atoms with Crippen LogP contribution in [0.1, 0.15) is 27.2 Å². The predicted molar refractivity (Wildman–Crippen MR) is 70.1 cm³/mol. The minimum absolute atomic E-state index is 0.0923. The Hall–Kier alpha value is -0.473. The van der Waals surface area contributed by atoms with Crippen LogP contribution in [0.4, 0.5) is 0 Å². The first-order valence-electron chi connectivity index (χ1n) is 6.41. The molecule has 0 aromatic carbocycles. The number of ether oxygens (including phenoxy) is 1. The zero-order valence-electron chi connectivity index (χ0n) is 11.6. The molecule has 0 fully saturated rings. The minimum atomic E-state index is -2.60. The topological polar surface area (TPSA) is 80.0 Å². The Kier molecular flexibility index (Phi) is 10.2. The number of carbonyl (C=O) groups is 1. The highest BCUT2D eigenvalue weighted by Gasteiger charge is 2.39. The van der Waals surface area contributed by atoms with Crippen LogP contribution in [0.3, 0.4) is 0 Å². The van der Waals surface area contributed by atoms with Gasteiger partial charge in [0.25, 0.3) is 0 Å². The third-order valence-electron chi connectivity index (χ3n) is 2.15. The second-order valence-corrected chi connectivity index (χ2v) is 6.24. The highest BCUT2D eigenvalue weighted by atomic mass is 28.4. The van der Waals surface area contributed by atoms with Crippen LogP contribution in [0.15, 0.2) is 0 Å². The Morgan fingerprint density at radius 2 is 1.56 bits per heavy atom. The van der Waals surface area contributed by atoms with Crippen molar-refractivity contribution in [2.45, 2.75) is 33.2 Å². The molecule has 0 unspecified atom stereocenters. The molecule has 0 amide bonds. The lowest BCUT2D eigenvalue weighted by molar-refractivity contribution is -0.141. The van der Waals surface area contributed by atoms with E-state index in [2.05, 4.69) is 0 Å². The number of esters is 1. The molecule has 0 spiro atoms. The summed E-state index contributed by atoms with van der Waals surface area (Å²) in [4.78, 5) is 10.9. The third-order valence-corrected chi connectivity index (χ3v) is 5.30. The maximum atomic E-state index is 10.9. The maximum absolute atomic E-state index is 10.9. The molecule has 0 radical (unpaired) electrons. The molecule has 2 N–H and O–H groups in total. The monoisotopic (exact) mass is 279 g/mol. The number of hydrogen-bond acceptors (Lipinski definition) is 6. The van der Waals surface area contributed by atoms with Gasteiger partial charge in [0.2, 0.25) is 0 Å². The Labute approximate surface area is 110 Å². The lowest BCUT2D eigenvalue weighted by Crippen LogP contribution is -2.46. The summed E-state index contributed by atoms with van der Waals surface area (Å²) in [6.45, 7) is 7.61. The van der Waals surface area contributed by atoms with Gasteiger partial charge in [0.05, 0.1) is 13.2 Å². The highest BCUT2D eigenvalue weighted by Crippen LogP contribution is 2.18. The van der Waals surface area contributed by atoms with Gasteiger partial charge in [-0.3, -0.25) is 4.79 Å². The van der Waals surface area contributed by atoms with Crippen molar-refractivity contribution in [3.05, 3.63) is 0 Å². The molecule has 0 saturated carbocycles. The van der Waals surface area contributed by atoms with Gasteiger partial charge < -0.3 is 23.7 Å². The Balaban J connectivity index is 4.16. The molecule has 0 atom stereocenters. The van der Waals surface area contributed by atoms with Gasteiger partial charge in [-0.05, 0) is 27.2 Å². The van der Waals surface area contributed by atoms with Crippen LogP contribution in [0.2, 0.25) is 6.04 Å². The molecule has 0 aromatic heterocycles. The van der Waals surface area contributed by atoms with Gasteiger partial charge in [0.1, 0.15) is 0 Å². The number of hydrogen-bond donors (Lipinski definition) is 1. The fraction of sp³-hybridized carbons (Fsp3) is 0.909. The van der Waals surface area contributed by atoms with Gasteiger partial charge in [-0.25, -0.2) is 0 Å². The first-order chi connectivity index (χ1) is 8.64. The van der Waals surface area contributed by atoms with Gasteiger partial charge in [0.15, 0.2) is 0 Å². The lowest BCUT2D eigenvalue weighted by atomic mass is 10.5. The molecular formula is C11H25NO5Si. The SMILES string of the molecule is CCO[Si](CCCOC(=O)CN)(OCC)OCC. The summed E-state index contributed by atoms with van der Waals surface area (Å²) in [5.41, 5.74) is 5.14. The lowest BCUT2D eigenvalue weighted by Gasteiger charge is -2.28. The number of nitrogens with two attached hydrogens (primary N) is 1. The quantitative estimate of drug-likeness (QED) is 0.344. The molecular weight excluding hydrogens is 254 g/mol. The molecule has 0 saturated heterocycles. The predicted octanol–water partition coefficient (Wildman–Crippen LogP) is 0.927. The van der Waals surface area contributed by atoms with Crippen molar-refractivity contribution in [3.63, 3.8) is 0 Å². The van der Waals surface area contributed by atoms with Crippen molar-refractivity contribution in [1.29, 1.82) is 0 Å². The molecule has 0 aliphatic carbocycles. The van der Waals surface area contributed by atoms with Gasteiger partial charge in [-0.2, -0.15) is 0 Å². The average molecular weight is 279 g/mol. The Bertz CT molecular complexity index is 210. The van der Waals surface area contributed by atoms with Gasteiger partial charge in [-0.15, -0.1) is 0 Å². The summed E-state index contributed by atoms with van der Waals surface area (Å²) in [5, 5.41) is 0. The van der Waals surface area contributed by atoms with E-state index in [1.165, 1.54) is 0 Å². The van der Waals surface area contributed by atoms with Crippen LogP contribution in [-0.4, -0.2) is 47.7 Å². The molecule has 108 valence electrons. The molecule has 0 rings (SSSR count).